The van der Waals surface area contributed by atoms with Gasteiger partial charge in [-0.3, -0.25) is 9.05 Å². The van der Waals surface area contributed by atoms with E-state index >= 15 is 0 Å². The fourth-order valence-corrected chi connectivity index (χ4v) is 8.18. The first-order chi connectivity index (χ1) is 28.0. The average Bonchev–Trinajstić information content (AvgIpc) is 3.76. The van der Waals surface area contributed by atoms with Crippen LogP contribution in [0.5, 0.6) is 0 Å². The zero-order chi connectivity index (χ0) is 41.8. The molecule has 3 aromatic rings. The van der Waals surface area contributed by atoms with E-state index in [1.54, 1.807) is 25.1 Å². The molecule has 58 heavy (non-hydrogen) atoms. The Hall–Kier alpha value is -2.98. The number of fused-ring (bicyclic) bond motifs is 1. The van der Waals surface area contributed by atoms with Crippen molar-refractivity contribution in [3.8, 4) is 12.1 Å². The Morgan fingerprint density at radius 3 is 2.19 bits per heavy atom. The van der Waals surface area contributed by atoms with Gasteiger partial charge in [0.2, 0.25) is 5.60 Å². The summed E-state index contributed by atoms with van der Waals surface area (Å²) in [4.78, 5) is 14.7. The van der Waals surface area contributed by atoms with E-state index in [1.165, 1.54) is 106 Å². The molecule has 0 aliphatic carbocycles. The van der Waals surface area contributed by atoms with Gasteiger partial charge in [0.25, 0.3) is 0 Å². The number of phosphoric ester groups is 1. The zero-order valence-corrected chi connectivity index (χ0v) is 35.6. The number of hydrogen-bond donors (Lipinski definition) is 3. The van der Waals surface area contributed by atoms with E-state index < -0.39 is 51.1 Å². The van der Waals surface area contributed by atoms with Crippen LogP contribution in [0.3, 0.4) is 0 Å². The monoisotopic (exact) mass is 845 g/mol. The third-order valence-corrected chi connectivity index (χ3v) is 11.7. The second-order valence-corrected chi connectivity index (χ2v) is 17.0. The first-order valence-electron chi connectivity index (χ1n) is 20.8. The predicted molar refractivity (Wildman–Crippen MR) is 219 cm³/mol. The number of nitrogens with zero attached hydrogens (tertiary/aromatic N) is 5. The summed E-state index contributed by atoms with van der Waals surface area (Å²) in [6.45, 7) is 3.48. The van der Waals surface area contributed by atoms with Gasteiger partial charge in [0, 0.05) is 11.6 Å². The van der Waals surface area contributed by atoms with Gasteiger partial charge in [0.05, 0.1) is 55.0 Å². The molecule has 6 atom stereocenters. The van der Waals surface area contributed by atoms with E-state index in [1.807, 2.05) is 6.07 Å². The fourth-order valence-electron chi connectivity index (χ4n) is 7.16. The van der Waals surface area contributed by atoms with Crippen molar-refractivity contribution in [3.05, 3.63) is 64.2 Å². The van der Waals surface area contributed by atoms with Crippen LogP contribution in [-0.2, 0) is 40.0 Å². The van der Waals surface area contributed by atoms with Crippen molar-refractivity contribution < 1.29 is 42.9 Å². The summed E-state index contributed by atoms with van der Waals surface area (Å²) in [7, 11) is -4.78. The number of hydrogen-bond acceptors (Lipinski definition) is 12. The number of nitriles is 2. The number of aromatic nitrogens is 3. The van der Waals surface area contributed by atoms with Gasteiger partial charge in [-0.1, -0.05) is 115 Å². The Balaban J connectivity index is 1.20. The van der Waals surface area contributed by atoms with E-state index in [2.05, 4.69) is 23.1 Å². The average molecular weight is 846 g/mol. The number of phosphoric acid groups is 1. The van der Waals surface area contributed by atoms with Crippen LogP contribution >= 0.6 is 19.4 Å². The van der Waals surface area contributed by atoms with Crippen LogP contribution in [0.25, 0.3) is 5.52 Å². The Labute approximate surface area is 348 Å². The maximum atomic E-state index is 13.1. The molecule has 1 unspecified atom stereocenters. The molecule has 1 aliphatic rings. The first kappa shape index (κ1) is 47.7. The molecule has 0 bridgehead atoms. The summed E-state index contributed by atoms with van der Waals surface area (Å²) in [6.07, 6.45) is 16.0. The second-order valence-electron chi connectivity index (χ2n) is 15.1. The summed E-state index contributed by atoms with van der Waals surface area (Å²) in [5.41, 5.74) is 0.260. The highest BCUT2D eigenvalue weighted by Crippen LogP contribution is 2.46. The first-order valence-corrected chi connectivity index (χ1v) is 22.7. The van der Waals surface area contributed by atoms with Gasteiger partial charge < -0.3 is 29.3 Å². The molecular formula is C42H61ClN5O9P. The maximum absolute atomic E-state index is 13.1. The molecule has 320 valence electrons. The van der Waals surface area contributed by atoms with Crippen LogP contribution in [0.1, 0.15) is 132 Å². The number of aliphatic hydroxyl groups is 2. The van der Waals surface area contributed by atoms with Crippen molar-refractivity contribution in [1.29, 1.82) is 10.5 Å². The van der Waals surface area contributed by atoms with Gasteiger partial charge in [0.1, 0.15) is 36.8 Å². The lowest BCUT2D eigenvalue weighted by molar-refractivity contribution is -0.0690. The number of benzene rings is 1. The van der Waals surface area contributed by atoms with Crippen molar-refractivity contribution in [2.24, 2.45) is 0 Å². The Morgan fingerprint density at radius 1 is 0.931 bits per heavy atom. The summed E-state index contributed by atoms with van der Waals surface area (Å²) < 4.78 is 42.7. The van der Waals surface area contributed by atoms with Crippen molar-refractivity contribution in [2.75, 3.05) is 26.4 Å². The maximum Gasteiger partial charge on any atom is 0.472 e. The molecular weight excluding hydrogens is 785 g/mol. The van der Waals surface area contributed by atoms with Gasteiger partial charge in [-0.05, 0) is 49.2 Å². The zero-order valence-electron chi connectivity index (χ0n) is 34.0. The molecule has 3 N–H and O–H groups in total. The Bertz CT molecular complexity index is 1820. The smallest absolute Gasteiger partial charge is 0.387 e. The lowest BCUT2D eigenvalue weighted by Crippen LogP contribution is -2.41. The quantitative estimate of drug-likeness (QED) is 0.0445. The third-order valence-electron chi connectivity index (χ3n) is 10.5. The topological polar surface area (TPSA) is 202 Å². The number of ether oxygens (including phenoxy) is 3. The summed E-state index contributed by atoms with van der Waals surface area (Å²) in [5.74, 6) is 0. The lowest BCUT2D eigenvalue weighted by atomic mass is 9.92. The molecule has 1 aromatic carbocycles. The van der Waals surface area contributed by atoms with Gasteiger partial charge in [-0.15, -0.1) is 0 Å². The van der Waals surface area contributed by atoms with E-state index in [0.29, 0.717) is 34.0 Å². The molecule has 14 nitrogen and oxygen atoms in total. The third kappa shape index (κ3) is 14.6. The van der Waals surface area contributed by atoms with Crippen molar-refractivity contribution >= 4 is 24.9 Å². The number of aliphatic hydroxyl groups excluding tert-OH is 2. The van der Waals surface area contributed by atoms with Crippen LogP contribution in [0.4, 0.5) is 0 Å². The highest BCUT2D eigenvalue weighted by molar-refractivity contribution is 7.47. The Kier molecular flexibility index (Phi) is 20.5. The van der Waals surface area contributed by atoms with Crippen LogP contribution < -0.4 is 0 Å². The van der Waals surface area contributed by atoms with Crippen LogP contribution in [-0.4, -0.2) is 80.5 Å². The number of halogens is 1. The molecule has 1 fully saturated rings. The van der Waals surface area contributed by atoms with E-state index in [9.17, 15) is 30.2 Å². The van der Waals surface area contributed by atoms with Gasteiger partial charge in [-0.2, -0.15) is 15.6 Å². The van der Waals surface area contributed by atoms with Crippen LogP contribution in [0.15, 0.2) is 36.7 Å². The molecule has 1 saturated heterocycles. The minimum absolute atomic E-state index is 0.0252. The molecule has 16 heteroatoms. The number of rotatable bonds is 29. The molecule has 0 saturated carbocycles. The fraction of sp³-hybridized carbons (Fsp3) is 0.667. The van der Waals surface area contributed by atoms with Gasteiger partial charge in [-0.25, -0.2) is 14.1 Å². The standard InChI is InChI=1S/C42H61ClN5O9P/c1-3-4-5-6-7-8-9-10-11-12-13-14-15-16-17-18-21-53-27-36(54-26-34-22-33(25-44)23-35(43)24-34)28-55-58(51,52)56-29-38-40(49)41(50)42(30-45,57-38)39-20-19-37-32(2)46-31-47-48(37)39/h19-20,22-24,31,36,38,40-41,49-50H,3-18,21,26-29H2,1-2H3,(H,51,52)/t36-,38-,40-,41-,42+/m1/s1. The molecule has 0 radical (unpaired) electrons. The molecule has 3 heterocycles. The van der Waals surface area contributed by atoms with E-state index in [-0.39, 0.29) is 18.9 Å². The second kappa shape index (κ2) is 24.9. The number of aryl methyl sites for hydroxylation is 1. The van der Waals surface area contributed by atoms with Gasteiger partial charge in [0.15, 0.2) is 0 Å². The minimum Gasteiger partial charge on any atom is -0.387 e. The molecule has 1 aliphatic heterocycles. The van der Waals surface area contributed by atoms with Crippen molar-refractivity contribution in [3.63, 3.8) is 0 Å². The number of unbranched alkanes of at least 4 members (excludes halogenated alkanes) is 15. The summed E-state index contributed by atoms with van der Waals surface area (Å²) >= 11 is 6.17. The van der Waals surface area contributed by atoms with Crippen molar-refractivity contribution in [1.82, 2.24) is 14.6 Å². The van der Waals surface area contributed by atoms with Crippen molar-refractivity contribution in [2.45, 2.75) is 153 Å². The largest absolute Gasteiger partial charge is 0.472 e. The van der Waals surface area contributed by atoms with Crippen LogP contribution in [0, 0.1) is 29.6 Å². The van der Waals surface area contributed by atoms with Crippen LogP contribution in [0.2, 0.25) is 5.02 Å². The highest BCUT2D eigenvalue weighted by atomic mass is 35.5. The normalized spacial score (nSPS) is 20.9. The summed E-state index contributed by atoms with van der Waals surface area (Å²) in [5, 5.41) is 45.9. The lowest BCUT2D eigenvalue weighted by Gasteiger charge is -2.24. The predicted octanol–water partition coefficient (Wildman–Crippen LogP) is 8.40. The molecule has 0 spiro atoms. The molecule has 2 aromatic heterocycles. The highest BCUT2D eigenvalue weighted by Gasteiger charge is 2.58. The Morgan fingerprint density at radius 2 is 1.57 bits per heavy atom. The summed E-state index contributed by atoms with van der Waals surface area (Å²) in [6, 6.07) is 12.0. The van der Waals surface area contributed by atoms with E-state index in [4.69, 9.17) is 34.9 Å². The van der Waals surface area contributed by atoms with Gasteiger partial charge >= 0.3 is 7.82 Å². The molecule has 0 amide bonds. The minimum atomic E-state index is -4.78. The van der Waals surface area contributed by atoms with E-state index in [0.717, 1.165) is 19.3 Å². The SMILES string of the molecule is CCCCCCCCCCCCCCCCCCOC[C@H](COP(=O)(O)OC[C@H]1O[C@@](C#N)(c2ccc3c(C)ncnn23)[C@H](O)[C@@H]1O)OCc1cc(Cl)cc(C#N)c1. The molecule has 4 rings (SSSR count).